The summed E-state index contributed by atoms with van der Waals surface area (Å²) in [7, 11) is 0. The molecule has 0 unspecified atom stereocenters. The van der Waals surface area contributed by atoms with Gasteiger partial charge < -0.3 is 15.6 Å². The van der Waals surface area contributed by atoms with Crippen molar-refractivity contribution in [1.29, 1.82) is 0 Å². The zero-order valence-corrected chi connectivity index (χ0v) is 6.69. The Balaban J connectivity index is 2.20. The predicted molar refractivity (Wildman–Crippen MR) is 42.1 cm³/mol. The molecule has 0 aromatic heterocycles. The molecule has 0 amide bonds. The van der Waals surface area contributed by atoms with Crippen molar-refractivity contribution >= 4 is 11.8 Å². The quantitative estimate of drug-likeness (QED) is 0.583. The minimum Gasteiger partial charge on any atom is -0.394 e. The maximum atomic E-state index is 8.47. The summed E-state index contributed by atoms with van der Waals surface area (Å²) in [4.78, 5) is 0. The van der Waals surface area contributed by atoms with Gasteiger partial charge >= 0.3 is 0 Å². The van der Waals surface area contributed by atoms with Crippen LogP contribution in [0.4, 0.5) is 0 Å². The van der Waals surface area contributed by atoms with E-state index in [1.807, 2.05) is 11.8 Å². The molecule has 0 atom stereocenters. The van der Waals surface area contributed by atoms with Crippen molar-refractivity contribution in [3.8, 4) is 0 Å². The fraction of sp³-hybridized carbons (Fsp3) is 1.00. The molecule has 1 heterocycles. The van der Waals surface area contributed by atoms with E-state index in [1.54, 1.807) is 0 Å². The van der Waals surface area contributed by atoms with Crippen LogP contribution in [0.2, 0.25) is 0 Å². The molecule has 1 rings (SSSR count). The minimum atomic E-state index is -0.104. The summed E-state index contributed by atoms with van der Waals surface area (Å²) in [5.74, 6) is 1.95. The Hall–Kier alpha value is 0.230. The highest BCUT2D eigenvalue weighted by Gasteiger charge is 2.37. The van der Waals surface area contributed by atoms with Crippen molar-refractivity contribution in [3.63, 3.8) is 0 Å². The number of thioether (sulfide) groups is 1. The van der Waals surface area contributed by atoms with Crippen molar-refractivity contribution in [1.82, 2.24) is 0 Å². The molecule has 1 fully saturated rings. The Labute approximate surface area is 64.9 Å². The van der Waals surface area contributed by atoms with E-state index in [-0.39, 0.29) is 12.2 Å². The van der Waals surface area contributed by atoms with Gasteiger partial charge in [-0.15, -0.1) is 0 Å². The first kappa shape index (κ1) is 8.33. The standard InChI is InChI=1S/C6H13NO2S/c7-3-6(4-10-5-6)9-2-1-8/h8H,1-5,7H2. The van der Waals surface area contributed by atoms with Gasteiger partial charge in [-0.05, 0) is 0 Å². The van der Waals surface area contributed by atoms with Crippen LogP contribution in [0.1, 0.15) is 0 Å². The third kappa shape index (κ3) is 1.63. The molecule has 3 nitrogen and oxygen atoms in total. The highest BCUT2D eigenvalue weighted by atomic mass is 32.2. The molecule has 1 aliphatic rings. The van der Waals surface area contributed by atoms with E-state index >= 15 is 0 Å². The Morgan fingerprint density at radius 1 is 1.60 bits per heavy atom. The number of hydrogen-bond donors (Lipinski definition) is 2. The first-order chi connectivity index (χ1) is 4.83. The second kappa shape index (κ2) is 3.57. The molecule has 1 aliphatic heterocycles. The number of hydrogen-bond acceptors (Lipinski definition) is 4. The van der Waals surface area contributed by atoms with Crippen molar-refractivity contribution in [3.05, 3.63) is 0 Å². The van der Waals surface area contributed by atoms with Crippen molar-refractivity contribution in [2.45, 2.75) is 5.60 Å². The molecule has 60 valence electrons. The van der Waals surface area contributed by atoms with Gasteiger partial charge in [0.2, 0.25) is 0 Å². The van der Waals surface area contributed by atoms with E-state index in [1.165, 1.54) is 0 Å². The van der Waals surface area contributed by atoms with Crippen LogP contribution in [-0.4, -0.2) is 42.0 Å². The van der Waals surface area contributed by atoms with Gasteiger partial charge in [-0.3, -0.25) is 0 Å². The molecule has 1 saturated heterocycles. The molecule has 10 heavy (non-hydrogen) atoms. The van der Waals surface area contributed by atoms with Gasteiger partial charge in [-0.1, -0.05) is 0 Å². The summed E-state index contributed by atoms with van der Waals surface area (Å²) in [6.45, 7) is 1.07. The van der Waals surface area contributed by atoms with Gasteiger partial charge in [0.05, 0.1) is 18.8 Å². The van der Waals surface area contributed by atoms with Gasteiger partial charge in [0.1, 0.15) is 0 Å². The van der Waals surface area contributed by atoms with Crippen LogP contribution < -0.4 is 5.73 Å². The van der Waals surface area contributed by atoms with Gasteiger partial charge in [0.15, 0.2) is 0 Å². The minimum absolute atomic E-state index is 0.0897. The molecule has 0 aliphatic carbocycles. The molecule has 4 heteroatoms. The summed E-state index contributed by atoms with van der Waals surface area (Å²) >= 11 is 1.83. The van der Waals surface area contributed by atoms with Crippen molar-refractivity contribution < 1.29 is 9.84 Å². The highest BCUT2D eigenvalue weighted by Crippen LogP contribution is 2.31. The van der Waals surface area contributed by atoms with E-state index < -0.39 is 0 Å². The van der Waals surface area contributed by atoms with Crippen LogP contribution in [0.5, 0.6) is 0 Å². The van der Waals surface area contributed by atoms with E-state index in [2.05, 4.69) is 0 Å². The fourth-order valence-electron chi connectivity index (χ4n) is 0.852. The smallest absolute Gasteiger partial charge is 0.0984 e. The van der Waals surface area contributed by atoms with Gasteiger partial charge in [-0.2, -0.15) is 11.8 Å². The fourth-order valence-corrected chi connectivity index (χ4v) is 1.91. The summed E-state index contributed by atoms with van der Waals surface area (Å²) < 4.78 is 5.37. The molecule has 0 aromatic rings. The molecular weight excluding hydrogens is 150 g/mol. The number of ether oxygens (including phenoxy) is 1. The second-order valence-corrected chi connectivity index (χ2v) is 3.44. The van der Waals surface area contributed by atoms with E-state index in [0.29, 0.717) is 13.2 Å². The maximum absolute atomic E-state index is 8.47. The maximum Gasteiger partial charge on any atom is 0.0984 e. The van der Waals surface area contributed by atoms with Crippen LogP contribution in [0.25, 0.3) is 0 Å². The van der Waals surface area contributed by atoms with Crippen molar-refractivity contribution in [2.75, 3.05) is 31.3 Å². The predicted octanol–water partition coefficient (Wildman–Crippen LogP) is -0.560. The third-order valence-corrected chi connectivity index (χ3v) is 3.06. The molecule has 0 aromatic carbocycles. The van der Waals surface area contributed by atoms with Crippen LogP contribution in [0, 0.1) is 0 Å². The van der Waals surface area contributed by atoms with Crippen LogP contribution in [0.3, 0.4) is 0 Å². The van der Waals surface area contributed by atoms with E-state index in [4.69, 9.17) is 15.6 Å². The molecule has 3 N–H and O–H groups in total. The van der Waals surface area contributed by atoms with Gasteiger partial charge in [0, 0.05) is 18.1 Å². The van der Waals surface area contributed by atoms with E-state index in [9.17, 15) is 0 Å². The number of aliphatic hydroxyl groups excluding tert-OH is 1. The number of nitrogens with two attached hydrogens (primary N) is 1. The highest BCUT2D eigenvalue weighted by molar-refractivity contribution is 8.00. The molecular formula is C6H13NO2S. The number of aliphatic hydroxyl groups is 1. The SMILES string of the molecule is NCC1(OCCO)CSC1. The molecule has 0 spiro atoms. The van der Waals surface area contributed by atoms with Gasteiger partial charge in [0.25, 0.3) is 0 Å². The van der Waals surface area contributed by atoms with Crippen molar-refractivity contribution in [2.24, 2.45) is 5.73 Å². The van der Waals surface area contributed by atoms with Crippen LogP contribution in [0.15, 0.2) is 0 Å². The molecule has 0 saturated carbocycles. The summed E-state index contributed by atoms with van der Waals surface area (Å²) in [6.07, 6.45) is 0. The molecule has 0 bridgehead atoms. The lowest BCUT2D eigenvalue weighted by molar-refractivity contribution is -0.0272. The van der Waals surface area contributed by atoms with E-state index in [0.717, 1.165) is 11.5 Å². The third-order valence-electron chi connectivity index (χ3n) is 1.60. The largest absolute Gasteiger partial charge is 0.394 e. The first-order valence-corrected chi connectivity index (χ1v) is 4.51. The topological polar surface area (TPSA) is 55.5 Å². The summed E-state index contributed by atoms with van der Waals surface area (Å²) in [6, 6.07) is 0. The normalized spacial score (nSPS) is 22.2. The Kier molecular flexibility index (Phi) is 2.97. The van der Waals surface area contributed by atoms with Crippen LogP contribution >= 0.6 is 11.8 Å². The Morgan fingerprint density at radius 3 is 2.60 bits per heavy atom. The average molecular weight is 163 g/mol. The van der Waals surface area contributed by atoms with Crippen LogP contribution in [-0.2, 0) is 4.74 Å². The molecule has 0 radical (unpaired) electrons. The average Bonchev–Trinajstić information content (AvgIpc) is 1.87. The zero-order chi connectivity index (χ0) is 7.45. The lowest BCUT2D eigenvalue weighted by atomic mass is 10.1. The second-order valence-electron chi connectivity index (χ2n) is 2.45. The van der Waals surface area contributed by atoms with Gasteiger partial charge in [-0.25, -0.2) is 0 Å². The Bertz CT molecular complexity index is 100. The lowest BCUT2D eigenvalue weighted by Gasteiger charge is -2.39. The lowest BCUT2D eigenvalue weighted by Crippen LogP contribution is -2.52. The zero-order valence-electron chi connectivity index (χ0n) is 5.88. The Morgan fingerprint density at radius 2 is 2.30 bits per heavy atom. The number of rotatable bonds is 4. The monoisotopic (exact) mass is 163 g/mol. The summed E-state index contributed by atoms with van der Waals surface area (Å²) in [5, 5.41) is 8.47. The summed E-state index contributed by atoms with van der Waals surface area (Å²) in [5.41, 5.74) is 5.39. The first-order valence-electron chi connectivity index (χ1n) is 3.36.